The first-order chi connectivity index (χ1) is 9.95. The van der Waals surface area contributed by atoms with E-state index in [0.29, 0.717) is 18.5 Å². The van der Waals surface area contributed by atoms with Gasteiger partial charge in [-0.3, -0.25) is 9.69 Å². The van der Waals surface area contributed by atoms with Crippen LogP contribution in [-0.2, 0) is 14.3 Å². The summed E-state index contributed by atoms with van der Waals surface area (Å²) < 4.78 is 4.82. The van der Waals surface area contributed by atoms with Crippen LogP contribution in [0, 0.1) is 5.92 Å². The highest BCUT2D eigenvalue weighted by atomic mass is 16.5. The van der Waals surface area contributed by atoms with Crippen LogP contribution in [0.2, 0.25) is 0 Å². The zero-order valence-electron chi connectivity index (χ0n) is 13.7. The Morgan fingerprint density at radius 3 is 2.62 bits per heavy atom. The summed E-state index contributed by atoms with van der Waals surface area (Å²) in [4.78, 5) is 28.9. The molecular weight excluding hydrogens is 268 g/mol. The van der Waals surface area contributed by atoms with Crippen LogP contribution >= 0.6 is 0 Å². The third kappa shape index (κ3) is 3.39. The van der Waals surface area contributed by atoms with E-state index in [-0.39, 0.29) is 17.9 Å². The van der Waals surface area contributed by atoms with E-state index in [2.05, 4.69) is 18.7 Å². The van der Waals surface area contributed by atoms with Crippen LogP contribution < -0.4 is 0 Å². The number of nitrogens with zero attached hydrogens (tertiary/aromatic N) is 2. The predicted octanol–water partition coefficient (Wildman–Crippen LogP) is 1.66. The van der Waals surface area contributed by atoms with E-state index in [1.54, 1.807) is 11.8 Å². The van der Waals surface area contributed by atoms with E-state index in [0.717, 1.165) is 19.4 Å². The molecule has 0 aromatic rings. The zero-order chi connectivity index (χ0) is 15.6. The Hall–Kier alpha value is -1.10. The fourth-order valence-corrected chi connectivity index (χ4v) is 3.67. The van der Waals surface area contributed by atoms with Gasteiger partial charge in [-0.15, -0.1) is 0 Å². The SMILES string of the molecule is COC(=O)C(C)N1CCC2CCCN2C(CC(C)C)C1=O. The van der Waals surface area contributed by atoms with Crippen molar-refractivity contribution >= 4 is 11.9 Å². The van der Waals surface area contributed by atoms with Crippen molar-refractivity contribution < 1.29 is 14.3 Å². The van der Waals surface area contributed by atoms with Crippen LogP contribution in [0.1, 0.15) is 46.5 Å². The zero-order valence-corrected chi connectivity index (χ0v) is 13.7. The molecule has 5 heteroatoms. The van der Waals surface area contributed by atoms with Crippen molar-refractivity contribution in [1.82, 2.24) is 9.80 Å². The number of rotatable bonds is 4. The van der Waals surface area contributed by atoms with Gasteiger partial charge in [0.15, 0.2) is 0 Å². The van der Waals surface area contributed by atoms with E-state index in [1.165, 1.54) is 20.0 Å². The number of hydrogen-bond acceptors (Lipinski definition) is 4. The van der Waals surface area contributed by atoms with Crippen molar-refractivity contribution in [3.8, 4) is 0 Å². The second-order valence-electron chi connectivity index (χ2n) is 6.70. The van der Waals surface area contributed by atoms with E-state index in [1.807, 2.05) is 0 Å². The molecule has 2 heterocycles. The van der Waals surface area contributed by atoms with Crippen molar-refractivity contribution in [2.75, 3.05) is 20.2 Å². The van der Waals surface area contributed by atoms with E-state index in [9.17, 15) is 9.59 Å². The van der Waals surface area contributed by atoms with Crippen LogP contribution in [0.5, 0.6) is 0 Å². The van der Waals surface area contributed by atoms with Crippen molar-refractivity contribution in [2.24, 2.45) is 5.92 Å². The standard InChI is InChI=1S/C16H28N2O3/c1-11(2)10-14-15(19)17(12(3)16(20)21-4)9-7-13-6-5-8-18(13)14/h11-14H,5-10H2,1-4H3. The van der Waals surface area contributed by atoms with Gasteiger partial charge in [0.25, 0.3) is 0 Å². The number of carbonyl (C=O) groups is 2. The number of esters is 1. The molecule has 3 atom stereocenters. The highest BCUT2D eigenvalue weighted by Gasteiger charge is 2.42. The summed E-state index contributed by atoms with van der Waals surface area (Å²) in [5.74, 6) is 0.244. The van der Waals surface area contributed by atoms with Crippen molar-refractivity contribution in [2.45, 2.75) is 64.6 Å². The second kappa shape index (κ2) is 6.77. The maximum Gasteiger partial charge on any atom is 0.328 e. The molecule has 0 aromatic heterocycles. The molecule has 1 amide bonds. The molecule has 2 saturated heterocycles. The average Bonchev–Trinajstić information content (AvgIpc) is 2.87. The molecule has 5 nitrogen and oxygen atoms in total. The lowest BCUT2D eigenvalue weighted by Gasteiger charge is -2.33. The van der Waals surface area contributed by atoms with Crippen molar-refractivity contribution in [3.05, 3.63) is 0 Å². The Balaban J connectivity index is 2.21. The normalized spacial score (nSPS) is 28.4. The molecule has 2 aliphatic heterocycles. The first kappa shape index (κ1) is 16.3. The third-order valence-corrected chi connectivity index (χ3v) is 4.80. The van der Waals surface area contributed by atoms with Gasteiger partial charge in [-0.25, -0.2) is 4.79 Å². The van der Waals surface area contributed by atoms with Gasteiger partial charge < -0.3 is 9.64 Å². The van der Waals surface area contributed by atoms with Gasteiger partial charge in [-0.2, -0.15) is 0 Å². The van der Waals surface area contributed by atoms with Gasteiger partial charge in [0.2, 0.25) is 5.91 Å². The molecule has 0 radical (unpaired) electrons. The highest BCUT2D eigenvalue weighted by Crippen LogP contribution is 2.30. The molecule has 3 unspecified atom stereocenters. The number of ether oxygens (including phenoxy) is 1. The highest BCUT2D eigenvalue weighted by molar-refractivity contribution is 5.87. The van der Waals surface area contributed by atoms with Gasteiger partial charge >= 0.3 is 5.97 Å². The van der Waals surface area contributed by atoms with Crippen LogP contribution in [-0.4, -0.2) is 60.0 Å². The summed E-state index contributed by atoms with van der Waals surface area (Å²) in [7, 11) is 1.38. The van der Waals surface area contributed by atoms with Gasteiger partial charge in [0.05, 0.1) is 13.2 Å². The van der Waals surface area contributed by atoms with Gasteiger partial charge in [0, 0.05) is 12.6 Å². The molecule has 0 bridgehead atoms. The van der Waals surface area contributed by atoms with Crippen LogP contribution in [0.25, 0.3) is 0 Å². The summed E-state index contributed by atoms with van der Waals surface area (Å²) in [6.45, 7) is 7.74. The Bertz CT molecular complexity index is 397. The first-order valence-electron chi connectivity index (χ1n) is 8.09. The fraction of sp³-hybridized carbons (Fsp3) is 0.875. The average molecular weight is 296 g/mol. The smallest absolute Gasteiger partial charge is 0.328 e. The molecule has 2 fully saturated rings. The molecule has 0 saturated carbocycles. The quantitative estimate of drug-likeness (QED) is 0.740. The Labute approximate surface area is 127 Å². The number of carbonyl (C=O) groups excluding carboxylic acids is 2. The molecule has 0 N–H and O–H groups in total. The molecule has 2 rings (SSSR count). The molecule has 0 aliphatic carbocycles. The molecule has 0 spiro atoms. The second-order valence-corrected chi connectivity index (χ2v) is 6.70. The maximum absolute atomic E-state index is 13.0. The van der Waals surface area contributed by atoms with E-state index in [4.69, 9.17) is 4.74 Å². The van der Waals surface area contributed by atoms with Crippen LogP contribution in [0.15, 0.2) is 0 Å². The summed E-state index contributed by atoms with van der Waals surface area (Å²) in [6, 6.07) is -0.0724. The van der Waals surface area contributed by atoms with Gasteiger partial charge in [-0.05, 0) is 45.1 Å². The summed E-state index contributed by atoms with van der Waals surface area (Å²) in [6.07, 6.45) is 4.17. The molecule has 0 aromatic carbocycles. The van der Waals surface area contributed by atoms with Gasteiger partial charge in [0.1, 0.15) is 6.04 Å². The number of amides is 1. The summed E-state index contributed by atoms with van der Waals surface area (Å²) in [5.41, 5.74) is 0. The number of fused-ring (bicyclic) bond motifs is 1. The molecule has 2 aliphatic rings. The third-order valence-electron chi connectivity index (χ3n) is 4.80. The monoisotopic (exact) mass is 296 g/mol. The Morgan fingerprint density at radius 1 is 1.29 bits per heavy atom. The Morgan fingerprint density at radius 2 is 2.00 bits per heavy atom. The molecule has 120 valence electrons. The first-order valence-corrected chi connectivity index (χ1v) is 8.09. The largest absolute Gasteiger partial charge is 0.467 e. The summed E-state index contributed by atoms with van der Waals surface area (Å²) in [5, 5.41) is 0. The predicted molar refractivity (Wildman–Crippen MR) is 80.8 cm³/mol. The summed E-state index contributed by atoms with van der Waals surface area (Å²) >= 11 is 0. The fourth-order valence-electron chi connectivity index (χ4n) is 3.67. The lowest BCUT2D eigenvalue weighted by molar-refractivity contribution is -0.153. The molecule has 21 heavy (non-hydrogen) atoms. The maximum atomic E-state index is 13.0. The lowest BCUT2D eigenvalue weighted by atomic mass is 10.0. The minimum atomic E-state index is -0.489. The minimum Gasteiger partial charge on any atom is -0.467 e. The van der Waals surface area contributed by atoms with Crippen LogP contribution in [0.4, 0.5) is 0 Å². The number of hydrogen-bond donors (Lipinski definition) is 0. The lowest BCUT2D eigenvalue weighted by Crippen LogP contribution is -2.51. The van der Waals surface area contributed by atoms with Crippen LogP contribution in [0.3, 0.4) is 0 Å². The van der Waals surface area contributed by atoms with Gasteiger partial charge in [-0.1, -0.05) is 13.8 Å². The topological polar surface area (TPSA) is 49.9 Å². The molecular formula is C16H28N2O3. The minimum absolute atomic E-state index is 0.0768. The van der Waals surface area contributed by atoms with Crippen molar-refractivity contribution in [3.63, 3.8) is 0 Å². The van der Waals surface area contributed by atoms with E-state index >= 15 is 0 Å². The Kier molecular flexibility index (Phi) is 5.25. The van der Waals surface area contributed by atoms with Crippen molar-refractivity contribution in [1.29, 1.82) is 0 Å². The number of methoxy groups -OCH3 is 1. The van der Waals surface area contributed by atoms with E-state index < -0.39 is 6.04 Å².